The first-order chi connectivity index (χ1) is 11.5. The van der Waals surface area contributed by atoms with Crippen molar-refractivity contribution in [1.29, 1.82) is 0 Å². The largest absolute Gasteiger partial charge is 0.493 e. The zero-order chi connectivity index (χ0) is 17.6. The fourth-order valence-electron chi connectivity index (χ4n) is 3.43. The highest BCUT2D eigenvalue weighted by molar-refractivity contribution is 9.10. The zero-order valence-electron chi connectivity index (χ0n) is 14.5. The van der Waals surface area contributed by atoms with Crippen molar-refractivity contribution >= 4 is 21.8 Å². The molecule has 0 radical (unpaired) electrons. The van der Waals surface area contributed by atoms with Crippen molar-refractivity contribution in [1.82, 2.24) is 5.32 Å². The Kier molecular flexibility index (Phi) is 6.92. The van der Waals surface area contributed by atoms with Gasteiger partial charge in [-0.1, -0.05) is 19.3 Å². The first-order valence-electron chi connectivity index (χ1n) is 8.41. The van der Waals surface area contributed by atoms with E-state index in [9.17, 15) is 4.79 Å². The molecule has 24 heavy (non-hydrogen) atoms. The van der Waals surface area contributed by atoms with Gasteiger partial charge in [0.2, 0.25) is 5.91 Å². The molecule has 2 rings (SSSR count). The quantitative estimate of drug-likeness (QED) is 0.737. The summed E-state index contributed by atoms with van der Waals surface area (Å²) in [5.41, 5.74) is 6.91. The summed E-state index contributed by atoms with van der Waals surface area (Å²) in [6.45, 7) is 1.04. The second-order valence-corrected chi connectivity index (χ2v) is 7.39. The van der Waals surface area contributed by atoms with Gasteiger partial charge in [-0.25, -0.2) is 0 Å². The van der Waals surface area contributed by atoms with Gasteiger partial charge in [0.05, 0.1) is 18.7 Å². The SMILES string of the molecule is COc1cc(CNC(=O)CC2(CN)CCCCC2)cc(Br)c1OC. The van der Waals surface area contributed by atoms with Gasteiger partial charge in [-0.2, -0.15) is 0 Å². The molecule has 1 aliphatic carbocycles. The Hall–Kier alpha value is -1.27. The first kappa shape index (κ1) is 19.1. The Labute approximate surface area is 152 Å². The van der Waals surface area contributed by atoms with E-state index in [1.54, 1.807) is 14.2 Å². The summed E-state index contributed by atoms with van der Waals surface area (Å²) in [4.78, 5) is 12.4. The maximum atomic E-state index is 12.4. The summed E-state index contributed by atoms with van der Waals surface area (Å²) >= 11 is 3.47. The molecule has 0 unspecified atom stereocenters. The van der Waals surface area contributed by atoms with Crippen LogP contribution in [-0.2, 0) is 11.3 Å². The highest BCUT2D eigenvalue weighted by Crippen LogP contribution is 2.38. The zero-order valence-corrected chi connectivity index (χ0v) is 16.1. The number of methoxy groups -OCH3 is 2. The van der Waals surface area contributed by atoms with Crippen LogP contribution in [-0.4, -0.2) is 26.7 Å². The van der Waals surface area contributed by atoms with E-state index in [-0.39, 0.29) is 11.3 Å². The monoisotopic (exact) mass is 398 g/mol. The molecule has 0 aromatic heterocycles. The number of nitrogens with two attached hydrogens (primary N) is 1. The first-order valence-corrected chi connectivity index (χ1v) is 9.20. The summed E-state index contributed by atoms with van der Waals surface area (Å²) in [5, 5.41) is 3.01. The maximum Gasteiger partial charge on any atom is 0.220 e. The van der Waals surface area contributed by atoms with Gasteiger partial charge in [0, 0.05) is 13.0 Å². The second-order valence-electron chi connectivity index (χ2n) is 6.53. The molecular formula is C18H27BrN2O3. The molecule has 1 aliphatic rings. The van der Waals surface area contributed by atoms with Crippen LogP contribution >= 0.6 is 15.9 Å². The predicted octanol–water partition coefficient (Wildman–Crippen LogP) is 3.38. The van der Waals surface area contributed by atoms with E-state index >= 15 is 0 Å². The summed E-state index contributed by atoms with van der Waals surface area (Å²) < 4.78 is 11.4. The molecule has 0 bridgehead atoms. The van der Waals surface area contributed by atoms with E-state index in [0.717, 1.165) is 22.9 Å². The van der Waals surface area contributed by atoms with Crippen molar-refractivity contribution in [2.75, 3.05) is 20.8 Å². The number of rotatable bonds is 7. The van der Waals surface area contributed by atoms with E-state index in [1.807, 2.05) is 12.1 Å². The summed E-state index contributed by atoms with van der Waals surface area (Å²) in [7, 11) is 3.20. The molecule has 0 spiro atoms. The molecule has 3 N–H and O–H groups in total. The molecule has 1 aromatic carbocycles. The fraction of sp³-hybridized carbons (Fsp3) is 0.611. The lowest BCUT2D eigenvalue weighted by Gasteiger charge is -2.35. The molecule has 1 aromatic rings. The van der Waals surface area contributed by atoms with Gasteiger partial charge in [-0.05, 0) is 58.4 Å². The summed E-state index contributed by atoms with van der Waals surface area (Å²) in [6, 6.07) is 3.81. The van der Waals surface area contributed by atoms with E-state index in [0.29, 0.717) is 31.0 Å². The molecule has 1 amide bonds. The number of benzene rings is 1. The number of amides is 1. The number of halogens is 1. The van der Waals surface area contributed by atoms with Gasteiger partial charge in [-0.3, -0.25) is 4.79 Å². The minimum Gasteiger partial charge on any atom is -0.493 e. The van der Waals surface area contributed by atoms with E-state index < -0.39 is 0 Å². The van der Waals surface area contributed by atoms with E-state index in [4.69, 9.17) is 15.2 Å². The molecule has 1 saturated carbocycles. The van der Waals surface area contributed by atoms with Gasteiger partial charge in [0.25, 0.3) is 0 Å². The Bertz CT molecular complexity index is 572. The minimum absolute atomic E-state index is 0.0134. The lowest BCUT2D eigenvalue weighted by molar-refractivity contribution is -0.124. The van der Waals surface area contributed by atoms with Crippen LogP contribution in [0.1, 0.15) is 44.1 Å². The van der Waals surface area contributed by atoms with Crippen LogP contribution < -0.4 is 20.5 Å². The molecule has 134 valence electrons. The molecule has 0 aliphatic heterocycles. The van der Waals surface area contributed by atoms with E-state index in [1.165, 1.54) is 19.3 Å². The highest BCUT2D eigenvalue weighted by atomic mass is 79.9. The second kappa shape index (κ2) is 8.72. The summed E-state index contributed by atoms with van der Waals surface area (Å²) in [5.74, 6) is 1.35. The van der Waals surface area contributed by atoms with Crippen molar-refractivity contribution in [3.63, 3.8) is 0 Å². The predicted molar refractivity (Wildman–Crippen MR) is 98.3 cm³/mol. The average Bonchev–Trinajstić information content (AvgIpc) is 2.60. The van der Waals surface area contributed by atoms with Crippen molar-refractivity contribution in [3.05, 3.63) is 22.2 Å². The number of hydrogen-bond donors (Lipinski definition) is 2. The molecule has 0 atom stereocenters. The van der Waals surface area contributed by atoms with Gasteiger partial charge < -0.3 is 20.5 Å². The smallest absolute Gasteiger partial charge is 0.220 e. The van der Waals surface area contributed by atoms with Crippen LogP contribution in [0.4, 0.5) is 0 Å². The number of hydrogen-bond acceptors (Lipinski definition) is 4. The van der Waals surface area contributed by atoms with Gasteiger partial charge in [-0.15, -0.1) is 0 Å². The molecule has 0 heterocycles. The van der Waals surface area contributed by atoms with Crippen molar-refractivity contribution in [3.8, 4) is 11.5 Å². The van der Waals surface area contributed by atoms with Crippen LogP contribution in [0.5, 0.6) is 11.5 Å². The Morgan fingerprint density at radius 1 is 1.25 bits per heavy atom. The third-order valence-corrected chi connectivity index (χ3v) is 5.45. The highest BCUT2D eigenvalue weighted by Gasteiger charge is 2.32. The van der Waals surface area contributed by atoms with Gasteiger partial charge >= 0.3 is 0 Å². The minimum atomic E-state index is -0.0134. The van der Waals surface area contributed by atoms with Crippen LogP contribution in [0, 0.1) is 5.41 Å². The average molecular weight is 399 g/mol. The van der Waals surface area contributed by atoms with Crippen LogP contribution in [0.25, 0.3) is 0 Å². The lowest BCUT2D eigenvalue weighted by atomic mass is 9.71. The number of nitrogens with one attached hydrogen (secondary N) is 1. The topological polar surface area (TPSA) is 73.6 Å². The number of carbonyl (C=O) groups excluding carboxylic acids is 1. The standard InChI is InChI=1S/C18H27BrN2O3/c1-23-15-9-13(8-14(19)17(15)24-2)11-21-16(22)10-18(12-20)6-4-3-5-7-18/h8-9H,3-7,10-12,20H2,1-2H3,(H,21,22). The third-order valence-electron chi connectivity index (χ3n) is 4.87. The lowest BCUT2D eigenvalue weighted by Crippen LogP contribution is -2.38. The third kappa shape index (κ3) is 4.63. The van der Waals surface area contributed by atoms with Crippen molar-refractivity contribution in [2.45, 2.75) is 45.1 Å². The molecule has 1 fully saturated rings. The molecule has 5 nitrogen and oxygen atoms in total. The molecular weight excluding hydrogens is 372 g/mol. The fourth-order valence-corrected chi connectivity index (χ4v) is 4.08. The number of ether oxygens (including phenoxy) is 2. The van der Waals surface area contributed by atoms with Crippen LogP contribution in [0.15, 0.2) is 16.6 Å². The number of carbonyl (C=O) groups is 1. The normalized spacial score (nSPS) is 16.5. The van der Waals surface area contributed by atoms with Crippen LogP contribution in [0.2, 0.25) is 0 Å². The van der Waals surface area contributed by atoms with Crippen molar-refractivity contribution in [2.24, 2.45) is 11.1 Å². The maximum absolute atomic E-state index is 12.4. The van der Waals surface area contributed by atoms with Gasteiger partial charge in [0.15, 0.2) is 11.5 Å². The van der Waals surface area contributed by atoms with Crippen LogP contribution in [0.3, 0.4) is 0 Å². The van der Waals surface area contributed by atoms with Crippen molar-refractivity contribution < 1.29 is 14.3 Å². The van der Waals surface area contributed by atoms with E-state index in [2.05, 4.69) is 21.2 Å². The Morgan fingerprint density at radius 3 is 2.54 bits per heavy atom. The Balaban J connectivity index is 1.97. The Morgan fingerprint density at radius 2 is 1.96 bits per heavy atom. The molecule has 0 saturated heterocycles. The van der Waals surface area contributed by atoms with Gasteiger partial charge in [0.1, 0.15) is 0 Å². The molecule has 6 heteroatoms. The summed E-state index contributed by atoms with van der Waals surface area (Å²) in [6.07, 6.45) is 6.22.